The van der Waals surface area contributed by atoms with Crippen molar-refractivity contribution in [3.63, 3.8) is 0 Å². The summed E-state index contributed by atoms with van der Waals surface area (Å²) in [6.07, 6.45) is 0.980. The van der Waals surface area contributed by atoms with Gasteiger partial charge in [-0.2, -0.15) is 0 Å². The summed E-state index contributed by atoms with van der Waals surface area (Å²) in [5.74, 6) is -0.596. The van der Waals surface area contributed by atoms with Crippen molar-refractivity contribution in [3.8, 4) is 0 Å². The fourth-order valence-corrected chi connectivity index (χ4v) is 4.94. The molecule has 2 aromatic heterocycles. The first-order chi connectivity index (χ1) is 14.1. The lowest BCUT2D eigenvalue weighted by Crippen LogP contribution is -2.29. The molecule has 5 rings (SSSR count). The molecule has 1 aliphatic heterocycles. The van der Waals surface area contributed by atoms with Gasteiger partial charge in [-0.1, -0.05) is 47.8 Å². The minimum atomic E-state index is -0.298. The topological polar surface area (TPSA) is 88.1 Å². The van der Waals surface area contributed by atoms with Gasteiger partial charge in [-0.15, -0.1) is 10.2 Å². The van der Waals surface area contributed by atoms with Gasteiger partial charge >= 0.3 is 0 Å². The lowest BCUT2D eigenvalue weighted by molar-refractivity contribution is 0.0642. The van der Waals surface area contributed by atoms with Crippen LogP contribution >= 0.6 is 22.7 Å². The number of carbonyl (C=O) groups excluding carboxylic acids is 2. The first kappa shape index (κ1) is 17.9. The highest BCUT2D eigenvalue weighted by molar-refractivity contribution is 7.22. The highest BCUT2D eigenvalue weighted by atomic mass is 32.1. The van der Waals surface area contributed by atoms with E-state index >= 15 is 0 Å². The molecule has 144 valence electrons. The molecule has 0 saturated heterocycles. The van der Waals surface area contributed by atoms with Crippen LogP contribution < -0.4 is 5.32 Å². The zero-order valence-electron chi connectivity index (χ0n) is 15.4. The van der Waals surface area contributed by atoms with Crippen molar-refractivity contribution in [2.24, 2.45) is 0 Å². The van der Waals surface area contributed by atoms with E-state index in [2.05, 4.69) is 39.6 Å². The molecular formula is C20H15N5O2S2. The van der Waals surface area contributed by atoms with Gasteiger partial charge in [0, 0.05) is 0 Å². The van der Waals surface area contributed by atoms with Gasteiger partial charge in [0.1, 0.15) is 5.01 Å². The molecule has 29 heavy (non-hydrogen) atoms. The maximum absolute atomic E-state index is 12.5. The van der Waals surface area contributed by atoms with E-state index in [-0.39, 0.29) is 18.4 Å². The number of nitrogens with zero attached hydrogens (tertiary/aromatic N) is 4. The zero-order valence-corrected chi connectivity index (χ0v) is 17.0. The van der Waals surface area contributed by atoms with Gasteiger partial charge in [0.05, 0.1) is 27.9 Å². The third kappa shape index (κ3) is 3.18. The number of imide groups is 1. The number of carbonyl (C=O) groups is 2. The van der Waals surface area contributed by atoms with E-state index in [0.717, 1.165) is 21.8 Å². The van der Waals surface area contributed by atoms with Crippen LogP contribution in [0.2, 0.25) is 0 Å². The Hall–Kier alpha value is -3.17. The predicted octanol–water partition coefficient (Wildman–Crippen LogP) is 4.25. The summed E-state index contributed by atoms with van der Waals surface area (Å²) in [6, 6.07) is 13.1. The molecule has 0 unspecified atom stereocenters. The number of thiazole rings is 1. The Labute approximate surface area is 174 Å². The molecule has 1 aliphatic rings. The standard InChI is InChI=1S/C20H15N5O2S2/c1-2-11-7-8-14-15(9-11)28-19(21-14)22-20-24-23-16(29-20)10-25-17(26)12-5-3-4-6-13(12)18(25)27/h3-9H,2,10H2,1H3,(H,21,22,24). The molecule has 0 radical (unpaired) electrons. The van der Waals surface area contributed by atoms with Gasteiger partial charge in [-0.25, -0.2) is 4.98 Å². The first-order valence-corrected chi connectivity index (χ1v) is 10.7. The minimum absolute atomic E-state index is 0.103. The van der Waals surface area contributed by atoms with Gasteiger partial charge in [0.2, 0.25) is 5.13 Å². The van der Waals surface area contributed by atoms with E-state index in [4.69, 9.17) is 0 Å². The van der Waals surface area contributed by atoms with E-state index in [9.17, 15) is 9.59 Å². The number of nitrogens with one attached hydrogen (secondary N) is 1. The number of amides is 2. The number of hydrogen-bond donors (Lipinski definition) is 1. The largest absolute Gasteiger partial charge is 0.306 e. The van der Waals surface area contributed by atoms with Crippen LogP contribution in [0.1, 0.15) is 38.2 Å². The van der Waals surface area contributed by atoms with Crippen molar-refractivity contribution >= 4 is 55.0 Å². The molecule has 3 heterocycles. The smallest absolute Gasteiger partial charge is 0.261 e. The third-order valence-corrected chi connectivity index (χ3v) is 6.47. The summed E-state index contributed by atoms with van der Waals surface area (Å²) in [5, 5.41) is 13.3. The van der Waals surface area contributed by atoms with E-state index < -0.39 is 0 Å². The summed E-state index contributed by atoms with van der Waals surface area (Å²) in [6.45, 7) is 2.23. The van der Waals surface area contributed by atoms with Crippen LogP contribution in [0.15, 0.2) is 42.5 Å². The Balaban J connectivity index is 1.33. The number of hydrogen-bond acceptors (Lipinski definition) is 8. The average molecular weight is 422 g/mol. The molecule has 2 aromatic carbocycles. The molecule has 9 heteroatoms. The first-order valence-electron chi connectivity index (χ1n) is 9.06. The Kier molecular flexibility index (Phi) is 4.33. The van der Waals surface area contributed by atoms with Crippen molar-refractivity contribution in [2.75, 3.05) is 5.32 Å². The SMILES string of the molecule is CCc1ccc2nc(Nc3nnc(CN4C(=O)c5ccccc5C4=O)s3)sc2c1. The lowest BCUT2D eigenvalue weighted by Gasteiger charge is -2.10. The normalized spacial score (nSPS) is 13.3. The molecule has 4 aromatic rings. The second-order valence-electron chi connectivity index (χ2n) is 6.54. The summed E-state index contributed by atoms with van der Waals surface area (Å²) in [7, 11) is 0. The lowest BCUT2D eigenvalue weighted by atomic mass is 10.1. The highest BCUT2D eigenvalue weighted by Crippen LogP contribution is 2.31. The number of fused-ring (bicyclic) bond motifs is 2. The summed E-state index contributed by atoms with van der Waals surface area (Å²) in [5.41, 5.74) is 3.07. The monoisotopic (exact) mass is 421 g/mol. The number of aryl methyl sites for hydroxylation is 1. The molecule has 0 saturated carbocycles. The van der Waals surface area contributed by atoms with Crippen molar-refractivity contribution in [1.82, 2.24) is 20.1 Å². The molecule has 2 amide bonds. The van der Waals surface area contributed by atoms with E-state index in [1.165, 1.54) is 21.8 Å². The van der Waals surface area contributed by atoms with E-state index in [1.807, 2.05) is 6.07 Å². The quantitative estimate of drug-likeness (QED) is 0.485. The average Bonchev–Trinajstić information content (AvgIpc) is 3.41. The molecule has 0 atom stereocenters. The van der Waals surface area contributed by atoms with Crippen molar-refractivity contribution < 1.29 is 9.59 Å². The van der Waals surface area contributed by atoms with Crippen molar-refractivity contribution in [2.45, 2.75) is 19.9 Å². The van der Waals surface area contributed by atoms with Crippen LogP contribution in [0, 0.1) is 0 Å². The predicted molar refractivity (Wildman–Crippen MR) is 113 cm³/mol. The molecule has 0 spiro atoms. The Morgan fingerprint density at radius 2 is 1.72 bits per heavy atom. The molecule has 0 aliphatic carbocycles. The highest BCUT2D eigenvalue weighted by Gasteiger charge is 2.35. The number of rotatable bonds is 5. The Bertz CT molecular complexity index is 1230. The molecule has 0 fully saturated rings. The van der Waals surface area contributed by atoms with Gasteiger partial charge < -0.3 is 5.32 Å². The second kappa shape index (κ2) is 7.02. The van der Waals surface area contributed by atoms with Crippen LogP contribution in [-0.2, 0) is 13.0 Å². The summed E-state index contributed by atoms with van der Waals surface area (Å²) < 4.78 is 1.11. The minimum Gasteiger partial charge on any atom is -0.306 e. The molecule has 0 bridgehead atoms. The van der Waals surface area contributed by atoms with Crippen LogP contribution in [0.25, 0.3) is 10.2 Å². The zero-order chi connectivity index (χ0) is 20.0. The van der Waals surface area contributed by atoms with Crippen molar-refractivity contribution in [1.29, 1.82) is 0 Å². The van der Waals surface area contributed by atoms with Gasteiger partial charge in [-0.05, 0) is 36.2 Å². The molecule has 7 nitrogen and oxygen atoms in total. The molecular weight excluding hydrogens is 406 g/mol. The van der Waals surface area contributed by atoms with E-state index in [0.29, 0.717) is 21.3 Å². The Morgan fingerprint density at radius 1 is 0.966 bits per heavy atom. The van der Waals surface area contributed by atoms with Gasteiger partial charge in [0.15, 0.2) is 5.13 Å². The number of aromatic nitrogens is 3. The fourth-order valence-electron chi connectivity index (χ4n) is 3.22. The van der Waals surface area contributed by atoms with Gasteiger partial charge in [-0.3, -0.25) is 14.5 Å². The van der Waals surface area contributed by atoms with Crippen LogP contribution in [0.3, 0.4) is 0 Å². The Morgan fingerprint density at radius 3 is 2.45 bits per heavy atom. The summed E-state index contributed by atoms with van der Waals surface area (Å²) >= 11 is 2.86. The van der Waals surface area contributed by atoms with E-state index in [1.54, 1.807) is 35.6 Å². The maximum Gasteiger partial charge on any atom is 0.261 e. The van der Waals surface area contributed by atoms with Gasteiger partial charge in [0.25, 0.3) is 11.8 Å². The van der Waals surface area contributed by atoms with Crippen LogP contribution in [0.5, 0.6) is 0 Å². The second-order valence-corrected chi connectivity index (χ2v) is 8.64. The summed E-state index contributed by atoms with van der Waals surface area (Å²) in [4.78, 5) is 30.8. The number of benzene rings is 2. The third-order valence-electron chi connectivity index (χ3n) is 4.71. The van der Waals surface area contributed by atoms with Crippen LogP contribution in [0.4, 0.5) is 10.3 Å². The van der Waals surface area contributed by atoms with Crippen LogP contribution in [-0.4, -0.2) is 31.9 Å². The maximum atomic E-state index is 12.5. The number of anilines is 2. The van der Waals surface area contributed by atoms with Crippen molar-refractivity contribution in [3.05, 3.63) is 64.2 Å². The molecule has 1 N–H and O–H groups in total. The fraction of sp³-hybridized carbons (Fsp3) is 0.150.